The molecule has 0 fully saturated rings. The molecular formula is C15H13N5. The lowest BCUT2D eigenvalue weighted by Gasteiger charge is -2.08. The number of nitrogens with two attached hydrogens (primary N) is 1. The molecule has 0 atom stereocenters. The summed E-state index contributed by atoms with van der Waals surface area (Å²) in [5.74, 6) is 1.26. The summed E-state index contributed by atoms with van der Waals surface area (Å²) < 4.78 is 2.05. The smallest absolute Gasteiger partial charge is 0.124 e. The predicted molar refractivity (Wildman–Crippen MR) is 76.8 cm³/mol. The third-order valence-corrected chi connectivity index (χ3v) is 3.16. The largest absolute Gasteiger partial charge is 0.384 e. The predicted octanol–water partition coefficient (Wildman–Crippen LogP) is 2.13. The summed E-state index contributed by atoms with van der Waals surface area (Å²) in [6.45, 7) is 0.629. The maximum absolute atomic E-state index is 8.95. The fourth-order valence-corrected chi connectivity index (χ4v) is 2.28. The van der Waals surface area contributed by atoms with E-state index in [1.807, 2.05) is 41.0 Å². The van der Waals surface area contributed by atoms with E-state index in [4.69, 9.17) is 11.0 Å². The number of para-hydroxylation sites is 2. The molecule has 0 unspecified atom stereocenters. The van der Waals surface area contributed by atoms with Gasteiger partial charge in [0.1, 0.15) is 11.6 Å². The Hall–Kier alpha value is -2.87. The van der Waals surface area contributed by atoms with Crippen molar-refractivity contribution in [3.05, 3.63) is 54.0 Å². The van der Waals surface area contributed by atoms with Gasteiger partial charge in [0.15, 0.2) is 0 Å². The first-order valence-corrected chi connectivity index (χ1v) is 6.29. The molecule has 0 spiro atoms. The van der Waals surface area contributed by atoms with Crippen LogP contribution in [0.3, 0.4) is 0 Å². The van der Waals surface area contributed by atoms with Gasteiger partial charge < -0.3 is 10.3 Å². The first-order chi connectivity index (χ1) is 9.78. The fraction of sp³-hybridized carbons (Fsp3) is 0.133. The Morgan fingerprint density at radius 1 is 1.25 bits per heavy atom. The van der Waals surface area contributed by atoms with Crippen LogP contribution in [0.2, 0.25) is 0 Å². The second-order valence-electron chi connectivity index (χ2n) is 4.53. The van der Waals surface area contributed by atoms with Crippen molar-refractivity contribution < 1.29 is 0 Å². The Morgan fingerprint density at radius 2 is 2.10 bits per heavy atom. The second-order valence-corrected chi connectivity index (χ2v) is 4.53. The van der Waals surface area contributed by atoms with Crippen LogP contribution in [0.1, 0.15) is 11.4 Å². The molecule has 0 radical (unpaired) electrons. The highest BCUT2D eigenvalue weighted by Gasteiger charge is 2.10. The van der Waals surface area contributed by atoms with Crippen LogP contribution in [0.25, 0.3) is 11.0 Å². The number of rotatable bonds is 3. The molecule has 0 aliphatic carbocycles. The van der Waals surface area contributed by atoms with E-state index in [0.29, 0.717) is 12.4 Å². The molecule has 0 amide bonds. The van der Waals surface area contributed by atoms with Crippen molar-refractivity contribution in [2.24, 2.45) is 0 Å². The molecule has 0 aliphatic heterocycles. The second kappa shape index (κ2) is 5.02. The van der Waals surface area contributed by atoms with Gasteiger partial charge in [-0.1, -0.05) is 12.1 Å². The van der Waals surface area contributed by atoms with Crippen LogP contribution in [-0.4, -0.2) is 14.5 Å². The van der Waals surface area contributed by atoms with Crippen molar-refractivity contribution in [2.75, 3.05) is 5.73 Å². The maximum Gasteiger partial charge on any atom is 0.124 e. The normalized spacial score (nSPS) is 10.6. The van der Waals surface area contributed by atoms with E-state index in [-0.39, 0.29) is 6.42 Å². The van der Waals surface area contributed by atoms with Crippen LogP contribution in [0.15, 0.2) is 42.6 Å². The number of fused-ring (bicyclic) bond motifs is 1. The van der Waals surface area contributed by atoms with Crippen LogP contribution in [-0.2, 0) is 13.0 Å². The van der Waals surface area contributed by atoms with Crippen molar-refractivity contribution in [1.29, 1.82) is 5.26 Å². The van der Waals surface area contributed by atoms with E-state index in [9.17, 15) is 0 Å². The standard InChI is InChI=1S/C15H13N5/c16-7-5-15-19-12-3-1-2-4-13(12)20(15)10-11-6-8-18-14(17)9-11/h1-4,6,8-9H,5,10H2,(H2,17,18). The highest BCUT2D eigenvalue weighted by Crippen LogP contribution is 2.18. The van der Waals surface area contributed by atoms with E-state index in [2.05, 4.69) is 16.0 Å². The zero-order chi connectivity index (χ0) is 13.9. The quantitative estimate of drug-likeness (QED) is 0.785. The molecule has 0 saturated carbocycles. The Balaban J connectivity index is 2.09. The number of imidazole rings is 1. The van der Waals surface area contributed by atoms with Crippen LogP contribution in [0.5, 0.6) is 0 Å². The number of benzene rings is 1. The van der Waals surface area contributed by atoms with E-state index < -0.39 is 0 Å². The summed E-state index contributed by atoms with van der Waals surface area (Å²) in [7, 11) is 0. The number of hydrogen-bond donors (Lipinski definition) is 1. The number of nitrogens with zero attached hydrogens (tertiary/aromatic N) is 4. The Bertz CT molecular complexity index is 797. The van der Waals surface area contributed by atoms with Gasteiger partial charge in [-0.3, -0.25) is 0 Å². The molecule has 5 nitrogen and oxygen atoms in total. The molecule has 3 aromatic rings. The first kappa shape index (κ1) is 12.2. The zero-order valence-corrected chi connectivity index (χ0v) is 10.8. The SMILES string of the molecule is N#CCc1nc2ccccc2n1Cc1ccnc(N)c1. The molecule has 2 aromatic heterocycles. The monoisotopic (exact) mass is 263 g/mol. The van der Waals surface area contributed by atoms with Gasteiger partial charge >= 0.3 is 0 Å². The van der Waals surface area contributed by atoms with E-state index in [1.54, 1.807) is 6.20 Å². The van der Waals surface area contributed by atoms with E-state index in [1.165, 1.54) is 0 Å². The van der Waals surface area contributed by atoms with Crippen molar-refractivity contribution in [1.82, 2.24) is 14.5 Å². The molecule has 0 saturated heterocycles. The summed E-state index contributed by atoms with van der Waals surface area (Å²) in [4.78, 5) is 8.51. The average molecular weight is 263 g/mol. The third-order valence-electron chi connectivity index (χ3n) is 3.16. The van der Waals surface area contributed by atoms with E-state index >= 15 is 0 Å². The van der Waals surface area contributed by atoms with Gasteiger partial charge in [0.25, 0.3) is 0 Å². The number of hydrogen-bond acceptors (Lipinski definition) is 4. The van der Waals surface area contributed by atoms with Crippen molar-refractivity contribution >= 4 is 16.9 Å². The molecule has 2 heterocycles. The summed E-state index contributed by atoms with van der Waals surface area (Å²) in [5.41, 5.74) is 8.67. The number of nitriles is 1. The van der Waals surface area contributed by atoms with Gasteiger partial charge in [-0.2, -0.15) is 5.26 Å². The molecular weight excluding hydrogens is 250 g/mol. The van der Waals surface area contributed by atoms with Crippen molar-refractivity contribution in [3.63, 3.8) is 0 Å². The Morgan fingerprint density at radius 3 is 2.90 bits per heavy atom. The molecule has 98 valence electrons. The summed E-state index contributed by atoms with van der Waals surface area (Å²) in [6, 6.07) is 13.8. The lowest BCUT2D eigenvalue weighted by molar-refractivity contribution is 0.769. The highest BCUT2D eigenvalue weighted by atomic mass is 15.1. The van der Waals surface area contributed by atoms with Gasteiger partial charge in [0, 0.05) is 12.7 Å². The maximum atomic E-state index is 8.95. The van der Waals surface area contributed by atoms with Crippen molar-refractivity contribution in [3.8, 4) is 6.07 Å². The topological polar surface area (TPSA) is 80.5 Å². The summed E-state index contributed by atoms with van der Waals surface area (Å²) in [5, 5.41) is 8.95. The number of pyridine rings is 1. The van der Waals surface area contributed by atoms with Gasteiger partial charge in [-0.25, -0.2) is 9.97 Å². The van der Waals surface area contributed by atoms with Gasteiger partial charge in [-0.05, 0) is 29.8 Å². The first-order valence-electron chi connectivity index (χ1n) is 6.29. The van der Waals surface area contributed by atoms with Gasteiger partial charge in [-0.15, -0.1) is 0 Å². The van der Waals surface area contributed by atoms with Crippen LogP contribution < -0.4 is 5.73 Å². The van der Waals surface area contributed by atoms with Gasteiger partial charge in [0.05, 0.1) is 23.5 Å². The summed E-state index contributed by atoms with van der Waals surface area (Å²) >= 11 is 0. The number of nitrogen functional groups attached to an aromatic ring is 1. The molecule has 5 heteroatoms. The third kappa shape index (κ3) is 2.19. The average Bonchev–Trinajstić information content (AvgIpc) is 2.78. The van der Waals surface area contributed by atoms with Crippen molar-refractivity contribution in [2.45, 2.75) is 13.0 Å². The number of anilines is 1. The minimum atomic E-state index is 0.287. The Kier molecular flexibility index (Phi) is 3.05. The Labute approximate surface area is 116 Å². The van der Waals surface area contributed by atoms with Crippen LogP contribution >= 0.6 is 0 Å². The highest BCUT2D eigenvalue weighted by molar-refractivity contribution is 5.76. The fourth-order valence-electron chi connectivity index (χ4n) is 2.28. The minimum absolute atomic E-state index is 0.287. The minimum Gasteiger partial charge on any atom is -0.384 e. The molecule has 20 heavy (non-hydrogen) atoms. The zero-order valence-electron chi connectivity index (χ0n) is 10.8. The van der Waals surface area contributed by atoms with Gasteiger partial charge in [0.2, 0.25) is 0 Å². The summed E-state index contributed by atoms with van der Waals surface area (Å²) in [6.07, 6.45) is 1.98. The van der Waals surface area contributed by atoms with Crippen LogP contribution in [0.4, 0.5) is 5.82 Å². The van der Waals surface area contributed by atoms with E-state index in [0.717, 1.165) is 22.4 Å². The molecule has 0 bridgehead atoms. The number of aromatic nitrogens is 3. The molecule has 0 aliphatic rings. The molecule has 2 N–H and O–H groups in total. The molecule has 1 aromatic carbocycles. The van der Waals surface area contributed by atoms with Crippen LogP contribution in [0, 0.1) is 11.3 Å². The molecule has 3 rings (SSSR count). The lowest BCUT2D eigenvalue weighted by Crippen LogP contribution is -2.05. The lowest BCUT2D eigenvalue weighted by atomic mass is 10.2.